The Balaban J connectivity index is 2.17. The molecule has 0 saturated carbocycles. The molecule has 1 aliphatic rings. The van der Waals surface area contributed by atoms with Gasteiger partial charge in [0.2, 0.25) is 0 Å². The molecular formula is C10H15F3O2. The van der Waals surface area contributed by atoms with Crippen LogP contribution >= 0.6 is 0 Å². The number of carbonyl (C=O) groups is 1. The summed E-state index contributed by atoms with van der Waals surface area (Å²) in [6, 6.07) is 0. The normalized spacial score (nSPS) is 22.7. The van der Waals surface area contributed by atoms with Crippen LogP contribution in [0.15, 0.2) is 0 Å². The second-order valence-electron chi connectivity index (χ2n) is 3.79. The van der Waals surface area contributed by atoms with Gasteiger partial charge in [-0.2, -0.15) is 13.2 Å². The van der Waals surface area contributed by atoms with Gasteiger partial charge in [0.25, 0.3) is 0 Å². The van der Waals surface area contributed by atoms with E-state index >= 15 is 0 Å². The summed E-state index contributed by atoms with van der Waals surface area (Å²) >= 11 is 0. The molecule has 2 nitrogen and oxygen atoms in total. The predicted octanol–water partition coefficient (Wildman–Crippen LogP) is 2.86. The lowest BCUT2D eigenvalue weighted by atomic mass is 10.0. The van der Waals surface area contributed by atoms with Gasteiger partial charge in [0.05, 0.1) is 0 Å². The fourth-order valence-corrected chi connectivity index (χ4v) is 1.62. The molecule has 1 fully saturated rings. The zero-order valence-electron chi connectivity index (χ0n) is 8.48. The highest BCUT2D eigenvalue weighted by Crippen LogP contribution is 2.23. The minimum atomic E-state index is -4.16. The summed E-state index contributed by atoms with van der Waals surface area (Å²) in [5.74, 6) is -0.182. The van der Waals surface area contributed by atoms with E-state index in [0.29, 0.717) is 13.0 Å². The van der Waals surface area contributed by atoms with Gasteiger partial charge in [0.1, 0.15) is 6.10 Å². The molecule has 0 spiro atoms. The van der Waals surface area contributed by atoms with Crippen LogP contribution in [-0.2, 0) is 9.53 Å². The standard InChI is InChI=1S/C10H15F3O2/c11-10(12,13)6-3-4-8(14)9-5-1-2-7-15-9/h9H,1-7H2. The van der Waals surface area contributed by atoms with Gasteiger partial charge in [-0.3, -0.25) is 4.79 Å². The van der Waals surface area contributed by atoms with Crippen molar-refractivity contribution in [3.63, 3.8) is 0 Å². The zero-order chi connectivity index (χ0) is 11.3. The molecule has 0 aromatic rings. The average Bonchev–Trinajstić information content (AvgIpc) is 2.17. The lowest BCUT2D eigenvalue weighted by Crippen LogP contribution is -2.28. The van der Waals surface area contributed by atoms with Gasteiger partial charge in [-0.05, 0) is 25.7 Å². The molecule has 1 heterocycles. The number of hydrogen-bond acceptors (Lipinski definition) is 2. The number of carbonyl (C=O) groups excluding carboxylic acids is 1. The second kappa shape index (κ2) is 5.49. The van der Waals surface area contributed by atoms with Crippen molar-refractivity contribution in [3.05, 3.63) is 0 Å². The molecule has 88 valence electrons. The first-order chi connectivity index (χ1) is 6.99. The fraction of sp³-hybridized carbons (Fsp3) is 0.900. The van der Waals surface area contributed by atoms with Crippen LogP contribution < -0.4 is 0 Å². The Kier molecular flexibility index (Phi) is 4.57. The maximum atomic E-state index is 11.8. The van der Waals surface area contributed by atoms with Crippen molar-refractivity contribution in [2.45, 2.75) is 50.8 Å². The maximum Gasteiger partial charge on any atom is 0.389 e. The highest BCUT2D eigenvalue weighted by molar-refractivity contribution is 5.83. The molecule has 1 saturated heterocycles. The van der Waals surface area contributed by atoms with E-state index in [1.165, 1.54) is 0 Å². The van der Waals surface area contributed by atoms with Crippen LogP contribution in [0.4, 0.5) is 13.2 Å². The molecule has 1 atom stereocenters. The topological polar surface area (TPSA) is 26.3 Å². The molecule has 15 heavy (non-hydrogen) atoms. The van der Waals surface area contributed by atoms with E-state index in [1.54, 1.807) is 0 Å². The minimum Gasteiger partial charge on any atom is -0.370 e. The smallest absolute Gasteiger partial charge is 0.370 e. The average molecular weight is 224 g/mol. The van der Waals surface area contributed by atoms with Crippen molar-refractivity contribution >= 4 is 5.78 Å². The predicted molar refractivity (Wildman–Crippen MR) is 48.5 cm³/mol. The summed E-state index contributed by atoms with van der Waals surface area (Å²) in [5, 5.41) is 0. The Morgan fingerprint density at radius 3 is 2.60 bits per heavy atom. The highest BCUT2D eigenvalue weighted by Gasteiger charge is 2.28. The van der Waals surface area contributed by atoms with E-state index in [-0.39, 0.29) is 18.6 Å². The van der Waals surface area contributed by atoms with E-state index in [4.69, 9.17) is 4.74 Å². The van der Waals surface area contributed by atoms with Crippen LogP contribution in [0.25, 0.3) is 0 Å². The Hall–Kier alpha value is -0.580. The number of ether oxygens (including phenoxy) is 1. The molecule has 5 heteroatoms. The number of halogens is 3. The van der Waals surface area contributed by atoms with Crippen LogP contribution in [0.1, 0.15) is 38.5 Å². The molecule has 1 rings (SSSR count). The summed E-state index contributed by atoms with van der Waals surface area (Å²) < 4.78 is 40.6. The van der Waals surface area contributed by atoms with Gasteiger partial charge in [-0.25, -0.2) is 0 Å². The van der Waals surface area contributed by atoms with Crippen LogP contribution in [0.3, 0.4) is 0 Å². The second-order valence-corrected chi connectivity index (χ2v) is 3.79. The number of hydrogen-bond donors (Lipinski definition) is 0. The molecule has 1 unspecified atom stereocenters. The largest absolute Gasteiger partial charge is 0.389 e. The van der Waals surface area contributed by atoms with E-state index in [2.05, 4.69) is 0 Å². The van der Waals surface area contributed by atoms with E-state index in [1.807, 2.05) is 0 Å². The Bertz CT molecular complexity index is 207. The highest BCUT2D eigenvalue weighted by atomic mass is 19.4. The molecule has 0 aromatic heterocycles. The SMILES string of the molecule is O=C(CCCC(F)(F)F)C1CCCCO1. The van der Waals surface area contributed by atoms with Crippen molar-refractivity contribution in [1.82, 2.24) is 0 Å². The molecule has 0 bridgehead atoms. The molecule has 0 amide bonds. The maximum absolute atomic E-state index is 11.8. The van der Waals surface area contributed by atoms with Crippen LogP contribution in [0.2, 0.25) is 0 Å². The molecule has 0 N–H and O–H groups in total. The monoisotopic (exact) mass is 224 g/mol. The Labute approximate surface area is 86.8 Å². The van der Waals surface area contributed by atoms with Crippen LogP contribution in [-0.4, -0.2) is 24.7 Å². The van der Waals surface area contributed by atoms with Crippen molar-refractivity contribution < 1.29 is 22.7 Å². The van der Waals surface area contributed by atoms with E-state index in [9.17, 15) is 18.0 Å². The van der Waals surface area contributed by atoms with Gasteiger partial charge >= 0.3 is 6.18 Å². The third-order valence-electron chi connectivity index (χ3n) is 2.42. The summed E-state index contributed by atoms with van der Waals surface area (Å²) in [7, 11) is 0. The van der Waals surface area contributed by atoms with Crippen LogP contribution in [0.5, 0.6) is 0 Å². The summed E-state index contributed by atoms with van der Waals surface area (Å²) in [4.78, 5) is 11.4. The lowest BCUT2D eigenvalue weighted by Gasteiger charge is -2.21. The van der Waals surface area contributed by atoms with Crippen molar-refractivity contribution in [2.24, 2.45) is 0 Å². The van der Waals surface area contributed by atoms with Gasteiger partial charge in [0, 0.05) is 19.4 Å². The Morgan fingerprint density at radius 2 is 2.07 bits per heavy atom. The number of alkyl halides is 3. The van der Waals surface area contributed by atoms with Gasteiger partial charge in [0.15, 0.2) is 5.78 Å². The van der Waals surface area contributed by atoms with Crippen molar-refractivity contribution in [1.29, 1.82) is 0 Å². The molecule has 1 aliphatic heterocycles. The summed E-state index contributed by atoms with van der Waals surface area (Å²) in [5.41, 5.74) is 0. The molecule has 0 radical (unpaired) electrons. The first-order valence-corrected chi connectivity index (χ1v) is 5.20. The van der Waals surface area contributed by atoms with E-state index < -0.39 is 18.7 Å². The minimum absolute atomic E-state index is 0.0236. The summed E-state index contributed by atoms with van der Waals surface area (Å²) in [6.45, 7) is 0.551. The third-order valence-corrected chi connectivity index (χ3v) is 2.42. The molecule has 0 aliphatic carbocycles. The quantitative estimate of drug-likeness (QED) is 0.734. The van der Waals surface area contributed by atoms with Crippen molar-refractivity contribution in [3.8, 4) is 0 Å². The molecular weight excluding hydrogens is 209 g/mol. The zero-order valence-corrected chi connectivity index (χ0v) is 8.48. The Morgan fingerprint density at radius 1 is 1.33 bits per heavy atom. The van der Waals surface area contributed by atoms with Crippen LogP contribution in [0, 0.1) is 0 Å². The van der Waals surface area contributed by atoms with E-state index in [0.717, 1.165) is 12.8 Å². The first-order valence-electron chi connectivity index (χ1n) is 5.20. The van der Waals surface area contributed by atoms with Gasteiger partial charge in [-0.1, -0.05) is 0 Å². The summed E-state index contributed by atoms with van der Waals surface area (Å²) in [6.07, 6.45) is -3.12. The number of Topliss-reactive ketones (excluding diaryl/α,β-unsaturated/α-hetero) is 1. The van der Waals surface area contributed by atoms with Gasteiger partial charge in [-0.15, -0.1) is 0 Å². The number of rotatable bonds is 4. The van der Waals surface area contributed by atoms with Crippen molar-refractivity contribution in [2.75, 3.05) is 6.61 Å². The lowest BCUT2D eigenvalue weighted by molar-refractivity contribution is -0.140. The molecule has 0 aromatic carbocycles. The fourth-order valence-electron chi connectivity index (χ4n) is 1.62. The number of ketones is 1. The van der Waals surface area contributed by atoms with Gasteiger partial charge < -0.3 is 4.74 Å². The third kappa shape index (κ3) is 5.16. The first kappa shape index (κ1) is 12.5.